The van der Waals surface area contributed by atoms with Crippen LogP contribution in [-0.2, 0) is 0 Å². The van der Waals surface area contributed by atoms with Crippen LogP contribution in [0.1, 0.15) is 44.5 Å². The second kappa shape index (κ2) is 10.9. The lowest BCUT2D eigenvalue weighted by Gasteiger charge is -2.17. The molecule has 0 aliphatic heterocycles. The molecule has 0 fully saturated rings. The van der Waals surface area contributed by atoms with E-state index in [1.54, 1.807) is 6.08 Å². The Morgan fingerprint density at radius 2 is 1.67 bits per heavy atom. The Morgan fingerprint density at radius 3 is 2.20 bits per heavy atom. The lowest BCUT2D eigenvalue weighted by Crippen LogP contribution is -2.01. The zero-order chi connectivity index (χ0) is 22.1. The van der Waals surface area contributed by atoms with Gasteiger partial charge in [0.2, 0.25) is 0 Å². The maximum Gasteiger partial charge on any atom is 0.0787 e. The molecule has 0 N–H and O–H groups in total. The summed E-state index contributed by atoms with van der Waals surface area (Å²) in [5, 5.41) is 0. The third-order valence-electron chi connectivity index (χ3n) is 4.69. The molecule has 0 amide bonds. The van der Waals surface area contributed by atoms with Crippen molar-refractivity contribution in [2.75, 3.05) is 0 Å². The summed E-state index contributed by atoms with van der Waals surface area (Å²) in [6.07, 6.45) is 13.9. The number of pyridine rings is 1. The van der Waals surface area contributed by atoms with Gasteiger partial charge in [0.25, 0.3) is 0 Å². The Balaban J connectivity index is 2.92. The topological polar surface area (TPSA) is 12.9 Å². The molecule has 0 aliphatic carbocycles. The quantitative estimate of drug-likeness (QED) is 0.410. The second-order valence-electron chi connectivity index (χ2n) is 7.32. The van der Waals surface area contributed by atoms with Gasteiger partial charge in [0, 0.05) is 11.1 Å². The molecule has 0 atom stereocenters. The zero-order valence-electron chi connectivity index (χ0n) is 18.6. The zero-order valence-corrected chi connectivity index (χ0v) is 18.6. The van der Waals surface area contributed by atoms with E-state index in [-0.39, 0.29) is 0 Å². The number of allylic oxidation sites excluding steroid dienone is 10. The molecule has 1 heterocycles. The Labute approximate surface area is 181 Å². The Morgan fingerprint density at radius 1 is 0.967 bits per heavy atom. The largest absolute Gasteiger partial charge is 0.247 e. The lowest BCUT2D eigenvalue weighted by molar-refractivity contribution is 1.24. The van der Waals surface area contributed by atoms with E-state index in [9.17, 15) is 0 Å². The van der Waals surface area contributed by atoms with Gasteiger partial charge < -0.3 is 0 Å². The number of hydrogen-bond acceptors (Lipinski definition) is 1. The third-order valence-corrected chi connectivity index (χ3v) is 4.69. The molecule has 152 valence electrons. The lowest BCUT2D eigenvalue weighted by atomic mass is 9.91. The van der Waals surface area contributed by atoms with E-state index in [0.717, 1.165) is 44.8 Å². The maximum absolute atomic E-state index is 5.08. The van der Waals surface area contributed by atoms with Gasteiger partial charge in [-0.3, -0.25) is 0 Å². The molecular formula is C29H31N. The third kappa shape index (κ3) is 5.55. The van der Waals surface area contributed by atoms with Crippen LogP contribution in [0.3, 0.4) is 0 Å². The van der Waals surface area contributed by atoms with E-state index in [4.69, 9.17) is 4.98 Å². The average molecular weight is 394 g/mol. The van der Waals surface area contributed by atoms with Crippen LogP contribution in [0.15, 0.2) is 104 Å². The summed E-state index contributed by atoms with van der Waals surface area (Å²) in [6, 6.07) is 12.4. The fraction of sp³-hybridized carbons (Fsp3) is 0.138. The minimum Gasteiger partial charge on any atom is -0.247 e. The van der Waals surface area contributed by atoms with Gasteiger partial charge in [-0.25, -0.2) is 4.98 Å². The molecule has 0 saturated heterocycles. The van der Waals surface area contributed by atoms with Gasteiger partial charge in [-0.15, -0.1) is 0 Å². The molecule has 30 heavy (non-hydrogen) atoms. The summed E-state index contributed by atoms with van der Waals surface area (Å²) in [6.45, 7) is 20.2. The van der Waals surface area contributed by atoms with Gasteiger partial charge in [-0.05, 0) is 50.5 Å². The van der Waals surface area contributed by atoms with Crippen LogP contribution in [-0.4, -0.2) is 4.98 Å². The summed E-state index contributed by atoms with van der Waals surface area (Å²) in [5.74, 6) is 0. The van der Waals surface area contributed by atoms with Gasteiger partial charge in [0.05, 0.1) is 11.4 Å². The first-order valence-corrected chi connectivity index (χ1v) is 10.1. The summed E-state index contributed by atoms with van der Waals surface area (Å²) in [4.78, 5) is 5.08. The predicted octanol–water partition coefficient (Wildman–Crippen LogP) is 8.46. The van der Waals surface area contributed by atoms with Gasteiger partial charge in [0.15, 0.2) is 0 Å². The summed E-state index contributed by atoms with van der Waals surface area (Å²) in [7, 11) is 0. The number of aromatic nitrogens is 1. The van der Waals surface area contributed by atoms with Crippen molar-refractivity contribution in [1.82, 2.24) is 4.98 Å². The summed E-state index contributed by atoms with van der Waals surface area (Å²) in [5.41, 5.74) is 9.40. The maximum atomic E-state index is 5.08. The predicted molar refractivity (Wildman–Crippen MR) is 135 cm³/mol. The highest BCUT2D eigenvalue weighted by Crippen LogP contribution is 2.33. The molecule has 0 saturated carbocycles. The normalized spacial score (nSPS) is 11.7. The minimum atomic E-state index is 0.919. The molecule has 1 heteroatoms. The molecule has 1 aromatic carbocycles. The van der Waals surface area contributed by atoms with E-state index in [2.05, 4.69) is 70.0 Å². The fourth-order valence-corrected chi connectivity index (χ4v) is 3.18. The second-order valence-corrected chi connectivity index (χ2v) is 7.32. The van der Waals surface area contributed by atoms with Crippen LogP contribution >= 0.6 is 0 Å². The molecule has 0 bridgehead atoms. The smallest absolute Gasteiger partial charge is 0.0787 e. The molecule has 0 radical (unpaired) electrons. The van der Waals surface area contributed by atoms with Gasteiger partial charge in [-0.1, -0.05) is 104 Å². The summed E-state index contributed by atoms with van der Waals surface area (Å²) < 4.78 is 0. The highest BCUT2D eigenvalue weighted by atomic mass is 14.7. The van der Waals surface area contributed by atoms with Crippen LogP contribution in [0.25, 0.3) is 28.5 Å². The molecule has 2 rings (SSSR count). The van der Waals surface area contributed by atoms with Gasteiger partial charge >= 0.3 is 0 Å². The van der Waals surface area contributed by atoms with Crippen LogP contribution in [0, 0.1) is 0 Å². The van der Waals surface area contributed by atoms with E-state index >= 15 is 0 Å². The average Bonchev–Trinajstić information content (AvgIpc) is 2.74. The van der Waals surface area contributed by atoms with Crippen molar-refractivity contribution < 1.29 is 0 Å². The molecule has 0 spiro atoms. The van der Waals surface area contributed by atoms with Gasteiger partial charge in [0.1, 0.15) is 0 Å². The van der Waals surface area contributed by atoms with E-state index < -0.39 is 0 Å². The van der Waals surface area contributed by atoms with Crippen LogP contribution in [0.4, 0.5) is 0 Å². The molecule has 2 aromatic rings. The van der Waals surface area contributed by atoms with E-state index in [0.29, 0.717) is 0 Å². The fourth-order valence-electron chi connectivity index (χ4n) is 3.18. The van der Waals surface area contributed by atoms with Crippen LogP contribution < -0.4 is 0 Å². The molecule has 0 unspecified atom stereocenters. The standard InChI is InChI=1S/C29H31N/c1-8-11-17-26(22(6)7)29-25(10-3)27(23(9-2)19-18-21(4)5)20-28(30-29)24-15-13-12-14-16-24/h8-20H,1,3-4H2,2,5-7H3/b17-11-,19-18-,23-9+. The van der Waals surface area contributed by atoms with E-state index in [1.807, 2.05) is 50.3 Å². The van der Waals surface area contributed by atoms with Crippen molar-refractivity contribution in [3.05, 3.63) is 121 Å². The van der Waals surface area contributed by atoms with E-state index in [1.165, 1.54) is 5.57 Å². The molecule has 0 aliphatic rings. The SMILES string of the molecule is C=C/C=C\C(=C(C)C)c1nc(-c2ccccc2)cc(C(/C=C\C(=C)C)=C/C)c1C=C. The number of nitrogens with zero attached hydrogens (tertiary/aromatic N) is 1. The summed E-state index contributed by atoms with van der Waals surface area (Å²) >= 11 is 0. The highest BCUT2D eigenvalue weighted by molar-refractivity contribution is 5.89. The number of rotatable bonds is 8. The Bertz CT molecular complexity index is 1050. The number of hydrogen-bond donors (Lipinski definition) is 0. The first kappa shape index (κ1) is 22.8. The Hall–Kier alpha value is -3.45. The first-order chi connectivity index (χ1) is 14.4. The van der Waals surface area contributed by atoms with Crippen molar-refractivity contribution in [1.29, 1.82) is 0 Å². The van der Waals surface area contributed by atoms with Crippen molar-refractivity contribution in [2.45, 2.75) is 27.7 Å². The Kier molecular flexibility index (Phi) is 8.31. The van der Waals surface area contributed by atoms with Crippen molar-refractivity contribution in [2.24, 2.45) is 0 Å². The van der Waals surface area contributed by atoms with Crippen LogP contribution in [0.2, 0.25) is 0 Å². The van der Waals surface area contributed by atoms with Crippen molar-refractivity contribution in [3.8, 4) is 11.3 Å². The molecular weight excluding hydrogens is 362 g/mol. The highest BCUT2D eigenvalue weighted by Gasteiger charge is 2.16. The van der Waals surface area contributed by atoms with Gasteiger partial charge in [-0.2, -0.15) is 0 Å². The van der Waals surface area contributed by atoms with Crippen molar-refractivity contribution >= 4 is 17.2 Å². The minimum absolute atomic E-state index is 0.919. The number of benzene rings is 1. The van der Waals surface area contributed by atoms with Crippen LogP contribution in [0.5, 0.6) is 0 Å². The first-order valence-electron chi connectivity index (χ1n) is 10.1. The molecule has 1 aromatic heterocycles. The van der Waals surface area contributed by atoms with Crippen molar-refractivity contribution in [3.63, 3.8) is 0 Å². The molecule has 1 nitrogen and oxygen atoms in total. The monoisotopic (exact) mass is 393 g/mol.